The molecule has 0 N–H and O–H groups in total. The van der Waals surface area contributed by atoms with Crippen LogP contribution in [0.2, 0.25) is 0 Å². The van der Waals surface area contributed by atoms with Crippen molar-refractivity contribution in [2.24, 2.45) is 0 Å². The van der Waals surface area contributed by atoms with Crippen molar-refractivity contribution < 1.29 is 8.60 Å². The molecule has 3 heteroatoms. The van der Waals surface area contributed by atoms with Gasteiger partial charge in [-0.15, -0.1) is 0 Å². The zero-order valence-corrected chi connectivity index (χ0v) is 11.0. The zero-order valence-electron chi connectivity index (χ0n) is 10.2. The highest BCUT2D eigenvalue weighted by molar-refractivity contribution is 7.83. The molecule has 0 saturated carbocycles. The fraction of sp³-hybridized carbons (Fsp3) is 0.200. The molecule has 0 heterocycles. The van der Waals surface area contributed by atoms with E-state index in [-0.39, 0.29) is 5.82 Å². The summed E-state index contributed by atoms with van der Waals surface area (Å²) in [5.74, 6) is 0.752. The number of benzene rings is 2. The summed E-state index contributed by atoms with van der Waals surface area (Å²) in [7, 11) is -0.961. The summed E-state index contributed by atoms with van der Waals surface area (Å²) < 4.78 is 24.8. The van der Waals surface area contributed by atoms with Crippen LogP contribution in [0.25, 0.3) is 0 Å². The maximum atomic E-state index is 12.7. The molecule has 0 saturated heterocycles. The first-order chi connectivity index (χ1) is 8.65. The Kier molecular flexibility index (Phi) is 4.26. The van der Waals surface area contributed by atoms with Gasteiger partial charge in [-0.2, -0.15) is 0 Å². The summed E-state index contributed by atoms with van der Waals surface area (Å²) >= 11 is 0. The van der Waals surface area contributed by atoms with Gasteiger partial charge in [0.1, 0.15) is 5.82 Å². The topological polar surface area (TPSA) is 17.1 Å². The monoisotopic (exact) mass is 262 g/mol. The van der Waals surface area contributed by atoms with Crippen molar-refractivity contribution in [3.8, 4) is 0 Å². The molecule has 0 unspecified atom stereocenters. The third-order valence-corrected chi connectivity index (χ3v) is 4.11. The molecule has 0 fully saturated rings. The van der Waals surface area contributed by atoms with Crippen molar-refractivity contribution in [2.75, 3.05) is 0 Å². The van der Waals surface area contributed by atoms with E-state index in [1.165, 1.54) is 12.1 Å². The van der Waals surface area contributed by atoms with Gasteiger partial charge < -0.3 is 0 Å². The van der Waals surface area contributed by atoms with Crippen LogP contribution in [-0.4, -0.2) is 4.21 Å². The van der Waals surface area contributed by atoms with E-state index in [1.54, 1.807) is 12.1 Å². The first-order valence-corrected chi connectivity index (χ1v) is 7.28. The lowest BCUT2D eigenvalue weighted by molar-refractivity contribution is 0.627. The van der Waals surface area contributed by atoms with Crippen molar-refractivity contribution in [1.82, 2.24) is 0 Å². The molecule has 2 aromatic rings. The standard InChI is InChI=1S/C15H15FOS/c1-12-4-2-3-5-14(12)11-18(17)10-13-6-8-15(16)9-7-13/h2-9H,10-11H2,1H3/t18-/m1/s1. The van der Waals surface area contributed by atoms with Crippen molar-refractivity contribution >= 4 is 10.8 Å². The summed E-state index contributed by atoms with van der Waals surface area (Å²) in [6.07, 6.45) is 0. The van der Waals surface area contributed by atoms with Crippen molar-refractivity contribution in [1.29, 1.82) is 0 Å². The van der Waals surface area contributed by atoms with Crippen molar-refractivity contribution in [2.45, 2.75) is 18.4 Å². The van der Waals surface area contributed by atoms with E-state index < -0.39 is 10.8 Å². The number of aryl methyl sites for hydroxylation is 1. The SMILES string of the molecule is Cc1ccccc1C[S@](=O)Cc1ccc(F)cc1. The molecule has 18 heavy (non-hydrogen) atoms. The molecule has 0 aliphatic rings. The van der Waals surface area contributed by atoms with E-state index >= 15 is 0 Å². The molecule has 0 bridgehead atoms. The average Bonchev–Trinajstić information content (AvgIpc) is 2.35. The Bertz CT molecular complexity index is 549. The minimum Gasteiger partial charge on any atom is -0.259 e. The lowest BCUT2D eigenvalue weighted by atomic mass is 10.1. The van der Waals surface area contributed by atoms with E-state index in [0.29, 0.717) is 11.5 Å². The molecule has 2 aromatic carbocycles. The number of rotatable bonds is 4. The van der Waals surface area contributed by atoms with Gasteiger partial charge in [0.2, 0.25) is 0 Å². The third-order valence-electron chi connectivity index (χ3n) is 2.82. The normalized spacial score (nSPS) is 12.3. The molecule has 0 amide bonds. The first kappa shape index (κ1) is 13.0. The van der Waals surface area contributed by atoms with Gasteiger partial charge in [-0.1, -0.05) is 36.4 Å². The van der Waals surface area contributed by atoms with E-state index in [2.05, 4.69) is 0 Å². The fourth-order valence-corrected chi connectivity index (χ4v) is 3.10. The van der Waals surface area contributed by atoms with Gasteiger partial charge in [0.15, 0.2) is 0 Å². The van der Waals surface area contributed by atoms with Crippen LogP contribution in [0.1, 0.15) is 16.7 Å². The molecule has 1 nitrogen and oxygen atoms in total. The Balaban J connectivity index is 2.01. The summed E-state index contributed by atoms with van der Waals surface area (Å²) in [6.45, 7) is 2.02. The highest BCUT2D eigenvalue weighted by atomic mass is 32.2. The van der Waals surface area contributed by atoms with Crippen molar-refractivity contribution in [3.05, 3.63) is 71.0 Å². The van der Waals surface area contributed by atoms with Crippen LogP contribution in [0, 0.1) is 12.7 Å². The molecule has 0 radical (unpaired) electrons. The van der Waals surface area contributed by atoms with Gasteiger partial charge in [-0.05, 0) is 35.7 Å². The van der Waals surface area contributed by atoms with Crippen LogP contribution in [-0.2, 0) is 22.3 Å². The Labute approximate surface area is 109 Å². The Hall–Kier alpha value is -1.48. The average molecular weight is 262 g/mol. The molecule has 0 aromatic heterocycles. The predicted octanol–water partition coefficient (Wildman–Crippen LogP) is 3.58. The van der Waals surface area contributed by atoms with E-state index in [1.807, 2.05) is 31.2 Å². The van der Waals surface area contributed by atoms with Crippen molar-refractivity contribution in [3.63, 3.8) is 0 Å². The second-order valence-corrected chi connectivity index (χ2v) is 5.74. The maximum absolute atomic E-state index is 12.7. The van der Waals surface area contributed by atoms with Crippen LogP contribution < -0.4 is 0 Å². The first-order valence-electron chi connectivity index (χ1n) is 5.79. The zero-order chi connectivity index (χ0) is 13.0. The molecular weight excluding hydrogens is 247 g/mol. The van der Waals surface area contributed by atoms with Gasteiger partial charge in [-0.25, -0.2) is 4.39 Å². The van der Waals surface area contributed by atoms with E-state index in [9.17, 15) is 8.60 Å². The van der Waals surface area contributed by atoms with Gasteiger partial charge in [0.25, 0.3) is 0 Å². The summed E-state index contributed by atoms with van der Waals surface area (Å²) in [5.41, 5.74) is 3.17. The lowest BCUT2D eigenvalue weighted by Gasteiger charge is -2.06. The summed E-state index contributed by atoms with van der Waals surface area (Å²) in [5, 5.41) is 0. The van der Waals surface area contributed by atoms with Gasteiger partial charge in [0, 0.05) is 22.3 Å². The van der Waals surface area contributed by atoms with Crippen LogP contribution in [0.3, 0.4) is 0 Å². The second-order valence-electron chi connectivity index (χ2n) is 4.28. The summed E-state index contributed by atoms with van der Waals surface area (Å²) in [4.78, 5) is 0. The maximum Gasteiger partial charge on any atom is 0.123 e. The molecule has 2 rings (SSSR count). The third kappa shape index (κ3) is 3.50. The number of halogens is 1. The Morgan fingerprint density at radius 1 is 1.00 bits per heavy atom. The Morgan fingerprint density at radius 2 is 1.67 bits per heavy atom. The summed E-state index contributed by atoms with van der Waals surface area (Å²) in [6, 6.07) is 14.1. The smallest absolute Gasteiger partial charge is 0.123 e. The van der Waals surface area contributed by atoms with Crippen LogP contribution in [0.15, 0.2) is 48.5 Å². The molecular formula is C15H15FOS. The second kappa shape index (κ2) is 5.91. The van der Waals surface area contributed by atoms with Gasteiger partial charge in [-0.3, -0.25) is 4.21 Å². The van der Waals surface area contributed by atoms with Gasteiger partial charge in [0.05, 0.1) is 0 Å². The van der Waals surface area contributed by atoms with Gasteiger partial charge >= 0.3 is 0 Å². The molecule has 0 aliphatic carbocycles. The highest BCUT2D eigenvalue weighted by Gasteiger charge is 2.05. The van der Waals surface area contributed by atoms with E-state index in [4.69, 9.17) is 0 Å². The van der Waals surface area contributed by atoms with Crippen LogP contribution in [0.4, 0.5) is 4.39 Å². The quantitative estimate of drug-likeness (QED) is 0.823. The predicted molar refractivity (Wildman–Crippen MR) is 73.1 cm³/mol. The van der Waals surface area contributed by atoms with Crippen LogP contribution in [0.5, 0.6) is 0 Å². The highest BCUT2D eigenvalue weighted by Crippen LogP contribution is 2.13. The fourth-order valence-electron chi connectivity index (χ4n) is 1.76. The largest absolute Gasteiger partial charge is 0.259 e. The lowest BCUT2D eigenvalue weighted by Crippen LogP contribution is -2.01. The Morgan fingerprint density at radius 3 is 2.33 bits per heavy atom. The van der Waals surface area contributed by atoms with E-state index in [0.717, 1.165) is 16.7 Å². The number of hydrogen-bond acceptors (Lipinski definition) is 1. The van der Waals surface area contributed by atoms with Crippen LogP contribution >= 0.6 is 0 Å². The molecule has 1 atom stereocenters. The molecule has 0 aliphatic heterocycles. The molecule has 0 spiro atoms. The minimum absolute atomic E-state index is 0.261. The number of hydrogen-bond donors (Lipinski definition) is 0. The molecule has 94 valence electrons. The minimum atomic E-state index is -0.961.